The van der Waals surface area contributed by atoms with E-state index in [1.807, 2.05) is 58.9 Å². The molecule has 0 heterocycles. The minimum atomic E-state index is -4.03. The van der Waals surface area contributed by atoms with Gasteiger partial charge in [-0.2, -0.15) is 4.31 Å². The SMILES string of the molecule is CC(C)CCN([C@H](COC(C)(C)C)C(=O)NO)S(=O)(=O)c1ccc2ccccc2c1. The fourth-order valence-electron chi connectivity index (χ4n) is 2.99. The molecule has 2 N–H and O–H groups in total. The van der Waals surface area contributed by atoms with Crippen LogP contribution in [0.1, 0.15) is 41.0 Å². The van der Waals surface area contributed by atoms with Crippen molar-refractivity contribution in [2.45, 2.75) is 57.6 Å². The van der Waals surface area contributed by atoms with Crippen LogP contribution in [0.15, 0.2) is 47.4 Å². The standard InChI is InChI=1S/C22H32N2O5S/c1-16(2)12-13-24(20(21(25)23-26)15-29-22(3,4)5)30(27,28)19-11-10-17-8-6-7-9-18(17)14-19/h6-11,14,16,20,26H,12-13,15H2,1-5H3,(H,23,25)/t20-/m1/s1. The molecule has 2 rings (SSSR count). The van der Waals surface area contributed by atoms with Gasteiger partial charge in [0.1, 0.15) is 6.04 Å². The summed E-state index contributed by atoms with van der Waals surface area (Å²) in [6, 6.07) is 11.2. The summed E-state index contributed by atoms with van der Waals surface area (Å²) in [5, 5.41) is 11.0. The molecule has 0 aromatic heterocycles. The summed E-state index contributed by atoms with van der Waals surface area (Å²) in [6.45, 7) is 9.35. The largest absolute Gasteiger partial charge is 0.374 e. The third-order valence-corrected chi connectivity index (χ3v) is 6.59. The molecule has 0 aliphatic heterocycles. The van der Waals surface area contributed by atoms with Crippen molar-refractivity contribution in [1.29, 1.82) is 0 Å². The van der Waals surface area contributed by atoms with Gasteiger partial charge in [-0.3, -0.25) is 10.0 Å². The summed E-state index contributed by atoms with van der Waals surface area (Å²) < 4.78 is 34.0. The normalized spacial score (nSPS) is 13.7. The molecule has 7 nitrogen and oxygen atoms in total. The molecule has 30 heavy (non-hydrogen) atoms. The van der Waals surface area contributed by atoms with Gasteiger partial charge in [0.25, 0.3) is 5.91 Å². The van der Waals surface area contributed by atoms with E-state index < -0.39 is 27.6 Å². The summed E-state index contributed by atoms with van der Waals surface area (Å²) in [6.07, 6.45) is 0.553. The molecule has 0 fully saturated rings. The average Bonchev–Trinajstić information content (AvgIpc) is 2.68. The number of benzene rings is 2. The molecule has 0 saturated carbocycles. The molecule has 2 aromatic carbocycles. The highest BCUT2D eigenvalue weighted by Gasteiger charge is 2.37. The number of nitrogens with one attached hydrogen (secondary N) is 1. The van der Waals surface area contributed by atoms with E-state index in [0.717, 1.165) is 15.1 Å². The highest BCUT2D eigenvalue weighted by atomic mass is 32.2. The van der Waals surface area contributed by atoms with Gasteiger partial charge in [-0.25, -0.2) is 13.9 Å². The van der Waals surface area contributed by atoms with Crippen molar-refractivity contribution in [1.82, 2.24) is 9.79 Å². The molecule has 1 atom stereocenters. The zero-order valence-electron chi connectivity index (χ0n) is 18.3. The van der Waals surface area contributed by atoms with Crippen molar-refractivity contribution in [3.05, 3.63) is 42.5 Å². The molecule has 1 amide bonds. The van der Waals surface area contributed by atoms with Crippen LogP contribution in [-0.2, 0) is 19.6 Å². The number of nitrogens with zero attached hydrogens (tertiary/aromatic N) is 1. The molecule has 0 aliphatic rings. The van der Waals surface area contributed by atoms with Crippen LogP contribution in [-0.4, -0.2) is 48.6 Å². The number of rotatable bonds is 9. The maximum atomic E-state index is 13.6. The third-order valence-electron chi connectivity index (χ3n) is 4.69. The number of carbonyl (C=O) groups is 1. The van der Waals surface area contributed by atoms with Crippen LogP contribution in [0, 0.1) is 5.92 Å². The lowest BCUT2D eigenvalue weighted by molar-refractivity contribution is -0.137. The molecule has 2 aromatic rings. The smallest absolute Gasteiger partial charge is 0.264 e. The molecular weight excluding hydrogens is 404 g/mol. The Hall–Kier alpha value is -2.00. The summed E-state index contributed by atoms with van der Waals surface area (Å²) >= 11 is 0. The maximum absolute atomic E-state index is 13.6. The highest BCUT2D eigenvalue weighted by molar-refractivity contribution is 7.89. The van der Waals surface area contributed by atoms with E-state index in [9.17, 15) is 18.4 Å². The van der Waals surface area contributed by atoms with Crippen molar-refractivity contribution in [2.24, 2.45) is 5.92 Å². The van der Waals surface area contributed by atoms with Crippen LogP contribution in [0.2, 0.25) is 0 Å². The molecule has 0 unspecified atom stereocenters. The van der Waals surface area contributed by atoms with Gasteiger partial charge in [0.05, 0.1) is 17.1 Å². The Bertz CT molecular complexity index is 967. The number of ether oxygens (including phenoxy) is 1. The molecule has 0 aliphatic carbocycles. The van der Waals surface area contributed by atoms with Crippen LogP contribution < -0.4 is 5.48 Å². The Kier molecular flexibility index (Phi) is 7.99. The van der Waals surface area contributed by atoms with Crippen LogP contribution >= 0.6 is 0 Å². The van der Waals surface area contributed by atoms with Gasteiger partial charge in [-0.05, 0) is 56.0 Å². The monoisotopic (exact) mass is 436 g/mol. The van der Waals surface area contributed by atoms with E-state index in [1.165, 1.54) is 0 Å². The zero-order valence-corrected chi connectivity index (χ0v) is 19.1. The molecular formula is C22H32N2O5S. The summed E-state index contributed by atoms with van der Waals surface area (Å²) in [5.74, 6) is -0.604. The number of hydrogen-bond donors (Lipinski definition) is 2. The zero-order chi connectivity index (χ0) is 22.5. The predicted molar refractivity (Wildman–Crippen MR) is 117 cm³/mol. The van der Waals surface area contributed by atoms with Crippen LogP contribution in [0.5, 0.6) is 0 Å². The highest BCUT2D eigenvalue weighted by Crippen LogP contribution is 2.25. The molecule has 0 saturated heterocycles. The molecule has 0 bridgehead atoms. The Morgan fingerprint density at radius 2 is 1.77 bits per heavy atom. The minimum Gasteiger partial charge on any atom is -0.374 e. The minimum absolute atomic E-state index is 0.0939. The second-order valence-corrected chi connectivity index (χ2v) is 10.6. The number of hydrogen-bond acceptors (Lipinski definition) is 5. The van der Waals surface area contributed by atoms with Crippen LogP contribution in [0.3, 0.4) is 0 Å². The summed E-state index contributed by atoms with van der Waals surface area (Å²) in [5.41, 5.74) is 1.02. The van der Waals surface area contributed by atoms with E-state index in [-0.39, 0.29) is 24.0 Å². The van der Waals surface area contributed by atoms with Crippen molar-refractivity contribution < 1.29 is 23.2 Å². The van der Waals surface area contributed by atoms with Crippen molar-refractivity contribution in [3.63, 3.8) is 0 Å². The van der Waals surface area contributed by atoms with E-state index in [1.54, 1.807) is 23.7 Å². The summed E-state index contributed by atoms with van der Waals surface area (Å²) in [7, 11) is -4.03. The number of sulfonamides is 1. The van der Waals surface area contributed by atoms with Gasteiger partial charge in [0, 0.05) is 6.54 Å². The van der Waals surface area contributed by atoms with Gasteiger partial charge in [0.15, 0.2) is 0 Å². The van der Waals surface area contributed by atoms with E-state index >= 15 is 0 Å². The van der Waals surface area contributed by atoms with Crippen molar-refractivity contribution in [3.8, 4) is 0 Å². The van der Waals surface area contributed by atoms with Gasteiger partial charge >= 0.3 is 0 Å². The van der Waals surface area contributed by atoms with E-state index in [4.69, 9.17) is 4.74 Å². The quantitative estimate of drug-likeness (QED) is 0.463. The Labute approximate surface area is 179 Å². The first kappa shape index (κ1) is 24.3. The first-order valence-corrected chi connectivity index (χ1v) is 11.5. The second kappa shape index (κ2) is 9.87. The lowest BCUT2D eigenvalue weighted by Crippen LogP contribution is -2.52. The molecule has 8 heteroatoms. The summed E-state index contributed by atoms with van der Waals surface area (Å²) in [4.78, 5) is 12.6. The van der Waals surface area contributed by atoms with Gasteiger partial charge in [0.2, 0.25) is 10.0 Å². The fourth-order valence-corrected chi connectivity index (χ4v) is 4.61. The van der Waals surface area contributed by atoms with Crippen molar-refractivity contribution in [2.75, 3.05) is 13.2 Å². The first-order valence-electron chi connectivity index (χ1n) is 10.0. The van der Waals surface area contributed by atoms with Crippen molar-refractivity contribution >= 4 is 26.7 Å². The number of amides is 1. The third kappa shape index (κ3) is 6.25. The Morgan fingerprint density at radius 1 is 1.13 bits per heavy atom. The average molecular weight is 437 g/mol. The van der Waals surface area contributed by atoms with E-state index in [2.05, 4.69) is 0 Å². The van der Waals surface area contributed by atoms with Gasteiger partial charge in [-0.1, -0.05) is 44.2 Å². The van der Waals surface area contributed by atoms with Crippen LogP contribution in [0.4, 0.5) is 0 Å². The number of fused-ring (bicyclic) bond motifs is 1. The molecule has 166 valence electrons. The van der Waals surface area contributed by atoms with E-state index in [0.29, 0.717) is 6.42 Å². The second-order valence-electron chi connectivity index (χ2n) is 8.72. The van der Waals surface area contributed by atoms with Gasteiger partial charge < -0.3 is 4.74 Å². The number of carbonyl (C=O) groups excluding carboxylic acids is 1. The lowest BCUT2D eigenvalue weighted by Gasteiger charge is -2.32. The fraction of sp³-hybridized carbons (Fsp3) is 0.500. The first-order chi connectivity index (χ1) is 14.0. The maximum Gasteiger partial charge on any atom is 0.264 e. The predicted octanol–water partition coefficient (Wildman–Crippen LogP) is 3.57. The lowest BCUT2D eigenvalue weighted by atomic mass is 10.1. The van der Waals surface area contributed by atoms with Crippen LogP contribution in [0.25, 0.3) is 10.8 Å². The number of hydroxylamine groups is 1. The topological polar surface area (TPSA) is 95.9 Å². The Balaban J connectivity index is 2.50. The van der Waals surface area contributed by atoms with Gasteiger partial charge in [-0.15, -0.1) is 0 Å². The molecule has 0 spiro atoms. The molecule has 0 radical (unpaired) electrons. The Morgan fingerprint density at radius 3 is 2.33 bits per heavy atom.